The van der Waals surface area contributed by atoms with Gasteiger partial charge in [0.05, 0.1) is 5.01 Å². The van der Waals surface area contributed by atoms with Gasteiger partial charge in [0.1, 0.15) is 0 Å². The van der Waals surface area contributed by atoms with Crippen molar-refractivity contribution in [2.75, 3.05) is 6.54 Å². The van der Waals surface area contributed by atoms with Gasteiger partial charge in [0.2, 0.25) is 0 Å². The van der Waals surface area contributed by atoms with Gasteiger partial charge in [-0.2, -0.15) is 0 Å². The normalized spacial score (nSPS) is 38.9. The Bertz CT molecular complexity index is 472. The van der Waals surface area contributed by atoms with E-state index >= 15 is 0 Å². The first kappa shape index (κ1) is 14.2. The number of likely N-dealkylation sites (N-methyl/N-ethyl adjacent to an activating group) is 1. The zero-order valence-electron chi connectivity index (χ0n) is 13.4. The maximum atomic E-state index is 4.74. The van der Waals surface area contributed by atoms with Gasteiger partial charge in [0, 0.05) is 23.5 Å². The Morgan fingerprint density at radius 2 is 1.86 bits per heavy atom. The van der Waals surface area contributed by atoms with Gasteiger partial charge in [-0.15, -0.1) is 11.3 Å². The molecule has 0 aliphatic heterocycles. The summed E-state index contributed by atoms with van der Waals surface area (Å²) in [6.07, 6.45) is 10.2. The highest BCUT2D eigenvalue weighted by atomic mass is 32.1. The third kappa shape index (κ3) is 2.57. The van der Waals surface area contributed by atoms with Crippen molar-refractivity contribution >= 4 is 11.3 Å². The van der Waals surface area contributed by atoms with Crippen molar-refractivity contribution in [3.8, 4) is 0 Å². The minimum absolute atomic E-state index is 0.588. The Balaban J connectivity index is 1.58. The zero-order valence-corrected chi connectivity index (χ0v) is 14.2. The van der Waals surface area contributed by atoms with E-state index < -0.39 is 0 Å². The highest BCUT2D eigenvalue weighted by Gasteiger charge is 2.53. The molecule has 1 heterocycles. The maximum Gasteiger partial charge on any atom is 0.0943 e. The van der Waals surface area contributed by atoms with E-state index in [1.54, 1.807) is 0 Å². The lowest BCUT2D eigenvalue weighted by molar-refractivity contribution is -0.0734. The van der Waals surface area contributed by atoms with Crippen molar-refractivity contribution in [1.29, 1.82) is 0 Å². The minimum atomic E-state index is 0.588. The van der Waals surface area contributed by atoms with Gasteiger partial charge in [-0.05, 0) is 75.2 Å². The molecule has 5 rings (SSSR count). The molecule has 116 valence electrons. The van der Waals surface area contributed by atoms with Gasteiger partial charge >= 0.3 is 0 Å². The van der Waals surface area contributed by atoms with Crippen LogP contribution in [0.2, 0.25) is 0 Å². The molecular formula is C18H28N2S. The fourth-order valence-corrected chi connectivity index (χ4v) is 6.85. The molecule has 1 atom stereocenters. The van der Waals surface area contributed by atoms with Crippen LogP contribution in [-0.2, 0) is 6.42 Å². The lowest BCUT2D eigenvalue weighted by Crippen LogP contribution is -2.56. The molecule has 4 aliphatic carbocycles. The van der Waals surface area contributed by atoms with Crippen LogP contribution in [0.3, 0.4) is 0 Å². The second-order valence-corrected chi connectivity index (χ2v) is 8.92. The lowest BCUT2D eigenvalue weighted by atomic mass is 9.47. The first-order valence-corrected chi connectivity index (χ1v) is 9.69. The number of nitrogens with one attached hydrogen (secondary N) is 1. The van der Waals surface area contributed by atoms with Crippen LogP contribution in [0.1, 0.15) is 56.2 Å². The molecule has 0 aromatic carbocycles. The smallest absolute Gasteiger partial charge is 0.0943 e. The SMILES string of the molecule is CCNC(Cc1nc(C)cs1)C12CC3CC(CC(C3)C1)C2. The van der Waals surface area contributed by atoms with Gasteiger partial charge in [-0.25, -0.2) is 4.98 Å². The van der Waals surface area contributed by atoms with E-state index in [1.165, 1.54) is 49.2 Å². The van der Waals surface area contributed by atoms with E-state index in [-0.39, 0.29) is 0 Å². The van der Waals surface area contributed by atoms with Crippen LogP contribution >= 0.6 is 11.3 Å². The van der Waals surface area contributed by atoms with Gasteiger partial charge < -0.3 is 5.32 Å². The van der Waals surface area contributed by atoms with Crippen LogP contribution in [0.5, 0.6) is 0 Å². The van der Waals surface area contributed by atoms with Gasteiger partial charge in [-0.3, -0.25) is 0 Å². The summed E-state index contributed by atoms with van der Waals surface area (Å²) in [6, 6.07) is 0.654. The summed E-state index contributed by atoms with van der Waals surface area (Å²) in [5, 5.41) is 7.41. The monoisotopic (exact) mass is 304 g/mol. The number of hydrogen-bond donors (Lipinski definition) is 1. The third-order valence-electron chi connectivity index (χ3n) is 6.32. The third-order valence-corrected chi connectivity index (χ3v) is 7.31. The van der Waals surface area contributed by atoms with Crippen LogP contribution in [0.25, 0.3) is 0 Å². The molecule has 4 fully saturated rings. The second-order valence-electron chi connectivity index (χ2n) is 7.98. The van der Waals surface area contributed by atoms with E-state index in [0.29, 0.717) is 11.5 Å². The number of thiazole rings is 1. The largest absolute Gasteiger partial charge is 0.313 e. The quantitative estimate of drug-likeness (QED) is 0.882. The van der Waals surface area contributed by atoms with Crippen molar-refractivity contribution in [3.05, 3.63) is 16.1 Å². The Labute approximate surface area is 132 Å². The lowest BCUT2D eigenvalue weighted by Gasteiger charge is -2.59. The molecule has 0 radical (unpaired) electrons. The Morgan fingerprint density at radius 1 is 1.24 bits per heavy atom. The predicted molar refractivity (Wildman–Crippen MR) is 88.6 cm³/mol. The first-order valence-electron chi connectivity index (χ1n) is 8.81. The molecule has 21 heavy (non-hydrogen) atoms. The standard InChI is InChI=1S/C18H28N2S/c1-3-19-16(7-17-20-12(2)11-21-17)18-8-13-4-14(9-18)6-15(5-13)10-18/h11,13-16,19H,3-10H2,1-2H3. The van der Waals surface area contributed by atoms with Gasteiger partial charge in [0.15, 0.2) is 0 Å². The number of aryl methyl sites for hydroxylation is 1. The van der Waals surface area contributed by atoms with E-state index in [9.17, 15) is 0 Å². The minimum Gasteiger partial charge on any atom is -0.313 e. The van der Waals surface area contributed by atoms with Crippen LogP contribution < -0.4 is 5.32 Å². The van der Waals surface area contributed by atoms with E-state index in [2.05, 4.69) is 24.5 Å². The summed E-state index contributed by atoms with van der Waals surface area (Å²) in [5.41, 5.74) is 1.78. The van der Waals surface area contributed by atoms with Gasteiger partial charge in [-0.1, -0.05) is 6.92 Å². The Hall–Kier alpha value is -0.410. The van der Waals surface area contributed by atoms with Crippen molar-refractivity contribution < 1.29 is 0 Å². The number of hydrogen-bond acceptors (Lipinski definition) is 3. The van der Waals surface area contributed by atoms with E-state index in [0.717, 1.165) is 30.7 Å². The predicted octanol–water partition coefficient (Wildman–Crippen LogP) is 4.19. The summed E-state index contributed by atoms with van der Waals surface area (Å²) in [6.45, 7) is 5.48. The number of aromatic nitrogens is 1. The maximum absolute atomic E-state index is 4.74. The van der Waals surface area contributed by atoms with Crippen LogP contribution in [-0.4, -0.2) is 17.6 Å². The zero-order chi connectivity index (χ0) is 14.4. The molecule has 0 spiro atoms. The second kappa shape index (κ2) is 5.34. The highest BCUT2D eigenvalue weighted by Crippen LogP contribution is 2.61. The molecule has 0 amide bonds. The number of nitrogens with zero attached hydrogens (tertiary/aromatic N) is 1. The summed E-state index contributed by atoms with van der Waals surface area (Å²) < 4.78 is 0. The highest BCUT2D eigenvalue weighted by molar-refractivity contribution is 7.09. The molecule has 3 heteroatoms. The molecule has 4 bridgehead atoms. The topological polar surface area (TPSA) is 24.9 Å². The summed E-state index contributed by atoms with van der Waals surface area (Å²) in [4.78, 5) is 4.74. The van der Waals surface area contributed by atoms with Crippen molar-refractivity contribution in [1.82, 2.24) is 10.3 Å². The molecular weight excluding hydrogens is 276 g/mol. The van der Waals surface area contributed by atoms with E-state index in [1.807, 2.05) is 11.3 Å². The molecule has 2 nitrogen and oxygen atoms in total. The van der Waals surface area contributed by atoms with E-state index in [4.69, 9.17) is 4.98 Å². The summed E-state index contributed by atoms with van der Waals surface area (Å²) in [5.74, 6) is 3.11. The Morgan fingerprint density at radius 3 is 2.33 bits per heavy atom. The average Bonchev–Trinajstić information content (AvgIpc) is 2.82. The van der Waals surface area contributed by atoms with Crippen molar-refractivity contribution in [2.45, 2.75) is 64.8 Å². The van der Waals surface area contributed by atoms with Crippen molar-refractivity contribution in [2.24, 2.45) is 23.2 Å². The molecule has 4 saturated carbocycles. The molecule has 1 aromatic heterocycles. The van der Waals surface area contributed by atoms with Crippen LogP contribution in [0, 0.1) is 30.1 Å². The van der Waals surface area contributed by atoms with Crippen LogP contribution in [0.4, 0.5) is 0 Å². The average molecular weight is 305 g/mol. The summed E-state index contributed by atoms with van der Waals surface area (Å²) >= 11 is 1.86. The molecule has 1 unspecified atom stereocenters. The fraction of sp³-hybridized carbons (Fsp3) is 0.833. The molecule has 0 saturated heterocycles. The van der Waals surface area contributed by atoms with Crippen LogP contribution in [0.15, 0.2) is 5.38 Å². The molecule has 4 aliphatic rings. The molecule has 1 N–H and O–H groups in total. The Kier molecular flexibility index (Phi) is 3.61. The molecule has 1 aromatic rings. The van der Waals surface area contributed by atoms with Gasteiger partial charge in [0.25, 0.3) is 0 Å². The fourth-order valence-electron chi connectivity index (χ4n) is 6.03. The summed E-state index contributed by atoms with van der Waals surface area (Å²) in [7, 11) is 0. The number of rotatable bonds is 5. The van der Waals surface area contributed by atoms with Crippen molar-refractivity contribution in [3.63, 3.8) is 0 Å². The first-order chi connectivity index (χ1) is 10.2.